The van der Waals surface area contributed by atoms with Gasteiger partial charge in [0.2, 0.25) is 0 Å². The predicted molar refractivity (Wildman–Crippen MR) is 83.2 cm³/mol. The monoisotopic (exact) mass is 287 g/mol. The van der Waals surface area contributed by atoms with Gasteiger partial charge in [0, 0.05) is 36.9 Å². The smallest absolute Gasteiger partial charge is 0.0764 e. The predicted octanol–water partition coefficient (Wildman–Crippen LogP) is 2.88. The number of rotatable bonds is 4. The Hall–Kier alpha value is -1.62. The molecule has 0 bridgehead atoms. The molecule has 0 radical (unpaired) electrons. The summed E-state index contributed by atoms with van der Waals surface area (Å²) in [6.07, 6.45) is 4.56. The average Bonchev–Trinajstić information content (AvgIpc) is 3.08. The molecule has 1 fully saturated rings. The largest absolute Gasteiger partial charge is 0.297 e. The summed E-state index contributed by atoms with van der Waals surface area (Å²) in [5.74, 6) is 0.552. The van der Waals surface area contributed by atoms with Crippen LogP contribution in [0.15, 0.2) is 18.3 Å². The lowest BCUT2D eigenvalue weighted by Gasteiger charge is -2.31. The number of H-pyrrole nitrogens is 1. The fraction of sp³-hybridized carbons (Fsp3) is 0.625. The van der Waals surface area contributed by atoms with Crippen LogP contribution in [0.4, 0.5) is 0 Å². The number of aromatic amines is 1. The van der Waals surface area contributed by atoms with Gasteiger partial charge in [-0.3, -0.25) is 14.7 Å². The number of hydrogen-bond donors (Lipinski definition) is 1. The Morgan fingerprint density at radius 3 is 2.95 bits per heavy atom. The molecule has 2 aromatic rings. The van der Waals surface area contributed by atoms with Crippen LogP contribution in [0.1, 0.15) is 55.7 Å². The van der Waals surface area contributed by atoms with Crippen molar-refractivity contribution >= 4 is 0 Å². The van der Waals surface area contributed by atoms with Gasteiger partial charge in [-0.15, -0.1) is 0 Å². The van der Waals surface area contributed by atoms with Gasteiger partial charge in [-0.05, 0) is 52.3 Å². The first kappa shape index (κ1) is 14.3. The fourth-order valence-electron chi connectivity index (χ4n) is 3.07. The van der Waals surface area contributed by atoms with Crippen molar-refractivity contribution in [2.24, 2.45) is 0 Å². The van der Waals surface area contributed by atoms with Crippen molar-refractivity contribution in [3.05, 3.63) is 35.4 Å². The van der Waals surface area contributed by atoms with E-state index in [1.165, 1.54) is 24.2 Å². The topological polar surface area (TPSA) is 49.7 Å². The molecule has 0 amide bonds. The van der Waals surface area contributed by atoms with E-state index in [1.54, 1.807) is 0 Å². The Labute approximate surface area is 126 Å². The van der Waals surface area contributed by atoms with Crippen molar-refractivity contribution in [2.45, 2.75) is 52.1 Å². The number of piperidine rings is 1. The Morgan fingerprint density at radius 1 is 1.43 bits per heavy atom. The van der Waals surface area contributed by atoms with Crippen LogP contribution in [-0.2, 0) is 6.54 Å². The van der Waals surface area contributed by atoms with Crippen LogP contribution in [-0.4, -0.2) is 38.0 Å². The number of aryl methyl sites for hydroxylation is 1. The van der Waals surface area contributed by atoms with Crippen LogP contribution < -0.4 is 0 Å². The summed E-state index contributed by atoms with van der Waals surface area (Å²) in [7, 11) is 0. The third kappa shape index (κ3) is 3.35. The summed E-state index contributed by atoms with van der Waals surface area (Å²) in [4.78, 5) is 2.51. The fourth-order valence-corrected chi connectivity index (χ4v) is 3.07. The van der Waals surface area contributed by atoms with Crippen LogP contribution in [0.2, 0.25) is 0 Å². The molecule has 1 saturated heterocycles. The van der Waals surface area contributed by atoms with Crippen LogP contribution in [0.5, 0.6) is 0 Å². The molecule has 3 heterocycles. The van der Waals surface area contributed by atoms with Gasteiger partial charge >= 0.3 is 0 Å². The lowest BCUT2D eigenvalue weighted by molar-refractivity contribution is 0.195. The Morgan fingerprint density at radius 2 is 2.29 bits per heavy atom. The van der Waals surface area contributed by atoms with E-state index < -0.39 is 0 Å². The summed E-state index contributed by atoms with van der Waals surface area (Å²) in [6, 6.07) is 4.75. The van der Waals surface area contributed by atoms with E-state index in [4.69, 9.17) is 0 Å². The van der Waals surface area contributed by atoms with Gasteiger partial charge in [-0.1, -0.05) is 0 Å². The van der Waals surface area contributed by atoms with Crippen LogP contribution in [0.3, 0.4) is 0 Å². The molecule has 0 spiro atoms. The van der Waals surface area contributed by atoms with Gasteiger partial charge in [-0.25, -0.2) is 0 Å². The third-order valence-corrected chi connectivity index (χ3v) is 4.23. The molecule has 21 heavy (non-hydrogen) atoms. The van der Waals surface area contributed by atoms with E-state index in [9.17, 15) is 0 Å². The zero-order chi connectivity index (χ0) is 14.8. The molecule has 2 aromatic heterocycles. The highest BCUT2D eigenvalue weighted by Gasteiger charge is 2.23. The highest BCUT2D eigenvalue weighted by molar-refractivity contribution is 5.13. The first-order valence-electron chi connectivity index (χ1n) is 7.90. The molecule has 0 aliphatic carbocycles. The lowest BCUT2D eigenvalue weighted by atomic mass is 9.94. The van der Waals surface area contributed by atoms with E-state index in [0.717, 1.165) is 25.3 Å². The second-order valence-electron chi connectivity index (χ2n) is 6.43. The molecule has 0 saturated carbocycles. The van der Waals surface area contributed by atoms with Gasteiger partial charge < -0.3 is 0 Å². The molecule has 114 valence electrons. The number of aromatic nitrogens is 4. The van der Waals surface area contributed by atoms with Crippen LogP contribution >= 0.6 is 0 Å². The molecule has 0 unspecified atom stereocenters. The number of nitrogens with one attached hydrogen (secondary N) is 1. The summed E-state index contributed by atoms with van der Waals surface area (Å²) >= 11 is 0. The highest BCUT2D eigenvalue weighted by Crippen LogP contribution is 2.26. The number of likely N-dealkylation sites (tertiary alicyclic amines) is 1. The zero-order valence-corrected chi connectivity index (χ0v) is 13.2. The Kier molecular flexibility index (Phi) is 4.10. The standard InChI is InChI=1S/C16H25N5/c1-12(2)21-8-6-15(19-21)11-20-7-4-5-14(10-20)16-9-13(3)17-18-16/h6,8-9,12,14H,4-5,7,10-11H2,1-3H3,(H,17,18)/t14-/m0/s1. The minimum absolute atomic E-state index is 0.430. The summed E-state index contributed by atoms with van der Waals surface area (Å²) < 4.78 is 2.04. The second-order valence-corrected chi connectivity index (χ2v) is 6.43. The van der Waals surface area contributed by atoms with Crippen molar-refractivity contribution in [3.63, 3.8) is 0 Å². The molecule has 1 atom stereocenters. The highest BCUT2D eigenvalue weighted by atomic mass is 15.3. The van der Waals surface area contributed by atoms with Crippen molar-refractivity contribution in [3.8, 4) is 0 Å². The van der Waals surface area contributed by atoms with Gasteiger partial charge in [0.05, 0.1) is 11.4 Å². The Balaban J connectivity index is 1.63. The SMILES string of the molecule is Cc1cc([C@H]2CCCN(Cc3ccn(C(C)C)n3)C2)n[nH]1. The minimum Gasteiger partial charge on any atom is -0.297 e. The zero-order valence-electron chi connectivity index (χ0n) is 13.2. The molecular weight excluding hydrogens is 262 g/mol. The maximum absolute atomic E-state index is 4.66. The quantitative estimate of drug-likeness (QED) is 0.940. The maximum Gasteiger partial charge on any atom is 0.0764 e. The first-order chi connectivity index (χ1) is 10.1. The van der Waals surface area contributed by atoms with E-state index in [2.05, 4.69) is 59.3 Å². The molecular formula is C16H25N5. The Bertz CT molecular complexity index is 583. The normalized spacial score (nSPS) is 20.3. The van der Waals surface area contributed by atoms with E-state index in [0.29, 0.717) is 12.0 Å². The molecule has 5 heteroatoms. The lowest BCUT2D eigenvalue weighted by Crippen LogP contribution is -2.34. The molecule has 1 aliphatic rings. The van der Waals surface area contributed by atoms with Gasteiger partial charge in [-0.2, -0.15) is 10.2 Å². The number of nitrogens with zero attached hydrogens (tertiary/aromatic N) is 4. The minimum atomic E-state index is 0.430. The van der Waals surface area contributed by atoms with E-state index in [1.807, 2.05) is 4.68 Å². The first-order valence-corrected chi connectivity index (χ1v) is 7.90. The van der Waals surface area contributed by atoms with Gasteiger partial charge in [0.25, 0.3) is 0 Å². The molecule has 1 N–H and O–H groups in total. The number of hydrogen-bond acceptors (Lipinski definition) is 3. The van der Waals surface area contributed by atoms with E-state index >= 15 is 0 Å². The summed E-state index contributed by atoms with van der Waals surface area (Å²) in [5.41, 5.74) is 3.53. The molecule has 5 nitrogen and oxygen atoms in total. The van der Waals surface area contributed by atoms with Gasteiger partial charge in [0.15, 0.2) is 0 Å². The van der Waals surface area contributed by atoms with Crippen molar-refractivity contribution in [1.82, 2.24) is 24.9 Å². The van der Waals surface area contributed by atoms with Crippen LogP contribution in [0, 0.1) is 6.92 Å². The van der Waals surface area contributed by atoms with Crippen molar-refractivity contribution in [1.29, 1.82) is 0 Å². The average molecular weight is 287 g/mol. The molecule has 0 aromatic carbocycles. The van der Waals surface area contributed by atoms with Crippen molar-refractivity contribution in [2.75, 3.05) is 13.1 Å². The third-order valence-electron chi connectivity index (χ3n) is 4.23. The molecule has 1 aliphatic heterocycles. The molecule has 3 rings (SSSR count). The summed E-state index contributed by atoms with van der Waals surface area (Å²) in [6.45, 7) is 9.57. The summed E-state index contributed by atoms with van der Waals surface area (Å²) in [5, 5.41) is 12.2. The maximum atomic E-state index is 4.66. The van der Waals surface area contributed by atoms with Crippen molar-refractivity contribution < 1.29 is 0 Å². The second kappa shape index (κ2) is 6.02. The van der Waals surface area contributed by atoms with E-state index in [-0.39, 0.29) is 0 Å². The van der Waals surface area contributed by atoms with Crippen LogP contribution in [0.25, 0.3) is 0 Å². The van der Waals surface area contributed by atoms with Gasteiger partial charge in [0.1, 0.15) is 0 Å².